The molecule has 0 aromatic heterocycles. The van der Waals surface area contributed by atoms with Gasteiger partial charge in [-0.3, -0.25) is 9.59 Å². The number of fused-ring (bicyclic) bond motifs is 1. The standard InChI is InChI=1S/C15H18N2O2S.ClH/c16-15-11-6-17(7-12(11)15)14(19)9-20-8-13(18)10-4-2-1-3-5-10;/h1-5,11-12,15H,6-9,16H2;1H/t11-,12+,15?;. The topological polar surface area (TPSA) is 63.4 Å². The van der Waals surface area contributed by atoms with E-state index in [2.05, 4.69) is 0 Å². The maximum absolute atomic E-state index is 12.0. The number of carbonyl (C=O) groups is 2. The number of carbonyl (C=O) groups excluding carboxylic acids is 2. The van der Waals surface area contributed by atoms with Crippen LogP contribution in [-0.2, 0) is 4.79 Å². The molecule has 1 saturated heterocycles. The van der Waals surface area contributed by atoms with Crippen molar-refractivity contribution in [3.8, 4) is 0 Å². The molecule has 0 radical (unpaired) electrons. The molecule has 3 rings (SSSR count). The zero-order valence-corrected chi connectivity index (χ0v) is 13.2. The largest absolute Gasteiger partial charge is 0.341 e. The van der Waals surface area contributed by atoms with Gasteiger partial charge in [-0.2, -0.15) is 0 Å². The fraction of sp³-hybridized carbons (Fsp3) is 0.467. The molecular weight excluding hydrogens is 308 g/mol. The van der Waals surface area contributed by atoms with Gasteiger partial charge < -0.3 is 10.6 Å². The number of rotatable bonds is 5. The van der Waals surface area contributed by atoms with Gasteiger partial charge in [0.15, 0.2) is 5.78 Å². The monoisotopic (exact) mass is 326 g/mol. The summed E-state index contributed by atoms with van der Waals surface area (Å²) in [5, 5.41) is 0. The van der Waals surface area contributed by atoms with Crippen molar-refractivity contribution in [2.24, 2.45) is 17.6 Å². The van der Waals surface area contributed by atoms with Crippen LogP contribution in [0.15, 0.2) is 30.3 Å². The van der Waals surface area contributed by atoms with Crippen molar-refractivity contribution in [2.45, 2.75) is 6.04 Å². The Labute approximate surface area is 134 Å². The second kappa shape index (κ2) is 6.81. The first-order valence-corrected chi connectivity index (χ1v) is 8.01. The quantitative estimate of drug-likeness (QED) is 0.832. The van der Waals surface area contributed by atoms with E-state index >= 15 is 0 Å². The minimum Gasteiger partial charge on any atom is -0.341 e. The van der Waals surface area contributed by atoms with E-state index in [9.17, 15) is 9.59 Å². The highest BCUT2D eigenvalue weighted by Gasteiger charge is 2.54. The van der Waals surface area contributed by atoms with Crippen LogP contribution in [0, 0.1) is 11.8 Å². The molecule has 114 valence electrons. The number of benzene rings is 1. The average molecular weight is 327 g/mol. The maximum atomic E-state index is 12.0. The summed E-state index contributed by atoms with van der Waals surface area (Å²) >= 11 is 1.40. The molecule has 1 aromatic rings. The average Bonchev–Trinajstić information content (AvgIpc) is 2.91. The summed E-state index contributed by atoms with van der Waals surface area (Å²) in [5.41, 5.74) is 6.56. The lowest BCUT2D eigenvalue weighted by molar-refractivity contribution is -0.127. The third-order valence-corrected chi connectivity index (χ3v) is 5.08. The lowest BCUT2D eigenvalue weighted by Gasteiger charge is -2.18. The summed E-state index contributed by atoms with van der Waals surface area (Å²) in [5.74, 6) is 2.00. The van der Waals surface area contributed by atoms with Crippen molar-refractivity contribution >= 4 is 35.9 Å². The van der Waals surface area contributed by atoms with E-state index < -0.39 is 0 Å². The van der Waals surface area contributed by atoms with Gasteiger partial charge in [0, 0.05) is 24.7 Å². The van der Waals surface area contributed by atoms with Gasteiger partial charge >= 0.3 is 0 Å². The number of amides is 1. The van der Waals surface area contributed by atoms with Gasteiger partial charge in [-0.05, 0) is 11.8 Å². The van der Waals surface area contributed by atoms with Crippen LogP contribution in [0.4, 0.5) is 0 Å². The molecule has 21 heavy (non-hydrogen) atoms. The van der Waals surface area contributed by atoms with E-state index in [1.165, 1.54) is 11.8 Å². The van der Waals surface area contributed by atoms with Crippen LogP contribution in [0.3, 0.4) is 0 Å². The summed E-state index contributed by atoms with van der Waals surface area (Å²) in [6.45, 7) is 1.61. The predicted octanol–water partition coefficient (Wildman–Crippen LogP) is 1.44. The van der Waals surface area contributed by atoms with Crippen molar-refractivity contribution in [1.82, 2.24) is 4.90 Å². The van der Waals surface area contributed by atoms with Gasteiger partial charge in [-0.15, -0.1) is 24.2 Å². The normalized spacial score (nSPS) is 26.0. The molecule has 3 atom stereocenters. The first kappa shape index (κ1) is 16.3. The summed E-state index contributed by atoms with van der Waals surface area (Å²) in [6.07, 6.45) is 0. The van der Waals surface area contributed by atoms with E-state index in [1.807, 2.05) is 23.1 Å². The molecule has 1 heterocycles. The minimum atomic E-state index is 0. The van der Waals surface area contributed by atoms with Crippen LogP contribution in [0.1, 0.15) is 10.4 Å². The Morgan fingerprint density at radius 2 is 1.76 bits per heavy atom. The number of thioether (sulfide) groups is 1. The Kier molecular flexibility index (Phi) is 5.30. The third kappa shape index (κ3) is 3.59. The third-order valence-electron chi connectivity index (χ3n) is 4.17. The molecule has 1 aliphatic carbocycles. The summed E-state index contributed by atoms with van der Waals surface area (Å²) in [4.78, 5) is 25.8. The molecule has 1 saturated carbocycles. The van der Waals surface area contributed by atoms with Crippen LogP contribution >= 0.6 is 24.2 Å². The van der Waals surface area contributed by atoms with Crippen LogP contribution in [0.2, 0.25) is 0 Å². The number of hydrogen-bond donors (Lipinski definition) is 1. The molecule has 1 aromatic carbocycles. The molecular formula is C15H19ClN2O2S. The second-order valence-electron chi connectivity index (χ2n) is 5.49. The van der Waals surface area contributed by atoms with Crippen molar-refractivity contribution in [3.05, 3.63) is 35.9 Å². The van der Waals surface area contributed by atoms with Crippen LogP contribution in [0.5, 0.6) is 0 Å². The number of nitrogens with two attached hydrogens (primary N) is 1. The molecule has 1 unspecified atom stereocenters. The second-order valence-corrected chi connectivity index (χ2v) is 6.47. The van der Waals surface area contributed by atoms with Crippen molar-refractivity contribution < 1.29 is 9.59 Å². The van der Waals surface area contributed by atoms with Crippen molar-refractivity contribution in [3.63, 3.8) is 0 Å². The molecule has 0 spiro atoms. The fourth-order valence-electron chi connectivity index (χ4n) is 2.81. The van der Waals surface area contributed by atoms with Gasteiger partial charge in [0.25, 0.3) is 0 Å². The Morgan fingerprint density at radius 3 is 2.38 bits per heavy atom. The number of halogens is 1. The lowest BCUT2D eigenvalue weighted by atomic mass is 10.2. The van der Waals surface area contributed by atoms with E-state index in [0.717, 1.165) is 13.1 Å². The Morgan fingerprint density at radius 1 is 1.14 bits per heavy atom. The number of piperidine rings is 1. The molecule has 2 fully saturated rings. The van der Waals surface area contributed by atoms with Gasteiger partial charge in [-0.25, -0.2) is 0 Å². The van der Waals surface area contributed by atoms with E-state index in [4.69, 9.17) is 5.73 Å². The highest BCUT2D eigenvalue weighted by Crippen LogP contribution is 2.43. The zero-order chi connectivity index (χ0) is 14.1. The number of likely N-dealkylation sites (tertiary alicyclic amines) is 1. The molecule has 1 amide bonds. The van der Waals surface area contributed by atoms with Crippen LogP contribution in [-0.4, -0.2) is 47.2 Å². The van der Waals surface area contributed by atoms with Gasteiger partial charge in [-0.1, -0.05) is 30.3 Å². The molecule has 1 aliphatic heterocycles. The van der Waals surface area contributed by atoms with E-state index in [-0.39, 0.29) is 24.1 Å². The molecule has 0 bridgehead atoms. The summed E-state index contributed by atoms with van der Waals surface area (Å²) < 4.78 is 0. The van der Waals surface area contributed by atoms with Gasteiger partial charge in [0.1, 0.15) is 0 Å². The van der Waals surface area contributed by atoms with Crippen LogP contribution < -0.4 is 5.73 Å². The first-order valence-electron chi connectivity index (χ1n) is 6.86. The van der Waals surface area contributed by atoms with Crippen LogP contribution in [0.25, 0.3) is 0 Å². The number of hydrogen-bond acceptors (Lipinski definition) is 4. The Hall–Kier alpha value is -1.04. The molecule has 2 N–H and O–H groups in total. The van der Waals surface area contributed by atoms with E-state index in [1.54, 1.807) is 12.1 Å². The molecule has 6 heteroatoms. The van der Waals surface area contributed by atoms with Crippen molar-refractivity contribution in [2.75, 3.05) is 24.6 Å². The number of ketones is 1. The van der Waals surface area contributed by atoms with Gasteiger partial charge in [0.05, 0.1) is 11.5 Å². The Bertz CT molecular complexity index is 514. The predicted molar refractivity (Wildman–Crippen MR) is 86.9 cm³/mol. The number of Topliss-reactive ketones (excluding diaryl/α,β-unsaturated/α-hetero) is 1. The fourth-order valence-corrected chi connectivity index (χ4v) is 3.62. The Balaban J connectivity index is 0.00000161. The lowest BCUT2D eigenvalue weighted by Crippen LogP contribution is -2.35. The van der Waals surface area contributed by atoms with Gasteiger partial charge in [0.2, 0.25) is 5.91 Å². The van der Waals surface area contributed by atoms with E-state index in [0.29, 0.717) is 34.9 Å². The maximum Gasteiger partial charge on any atom is 0.232 e. The molecule has 2 aliphatic rings. The van der Waals surface area contributed by atoms with Crippen molar-refractivity contribution in [1.29, 1.82) is 0 Å². The zero-order valence-electron chi connectivity index (χ0n) is 11.6. The summed E-state index contributed by atoms with van der Waals surface area (Å²) in [7, 11) is 0. The highest BCUT2D eigenvalue weighted by molar-refractivity contribution is 8.00. The molecule has 4 nitrogen and oxygen atoms in total. The highest BCUT2D eigenvalue weighted by atomic mass is 35.5. The minimum absolute atomic E-state index is 0. The smallest absolute Gasteiger partial charge is 0.232 e. The summed E-state index contributed by atoms with van der Waals surface area (Å²) in [6, 6.07) is 9.51. The first-order chi connectivity index (χ1) is 9.66. The SMILES string of the molecule is Cl.NC1[C@H]2CN(C(=O)CSCC(=O)c3ccccc3)C[C@@H]12. The number of nitrogens with zero attached hydrogens (tertiary/aromatic N) is 1.